The topological polar surface area (TPSA) is 75.3 Å². The summed E-state index contributed by atoms with van der Waals surface area (Å²) in [5, 5.41) is 6.52. The van der Waals surface area contributed by atoms with Gasteiger partial charge in [0.1, 0.15) is 0 Å². The minimum Gasteiger partial charge on any atom is -0.322 e. The van der Waals surface area contributed by atoms with Crippen molar-refractivity contribution in [3.63, 3.8) is 0 Å². The molecule has 134 valence electrons. The molecule has 0 bridgehead atoms. The first-order chi connectivity index (χ1) is 11.9. The van der Waals surface area contributed by atoms with Gasteiger partial charge in [0.2, 0.25) is 0 Å². The number of rotatable bonds is 8. The largest absolute Gasteiger partial charge is 0.322 e. The predicted octanol–water partition coefficient (Wildman–Crippen LogP) is 3.12. The molecule has 0 aliphatic carbocycles. The van der Waals surface area contributed by atoms with E-state index in [1.807, 2.05) is 18.2 Å². The van der Waals surface area contributed by atoms with Gasteiger partial charge >= 0.3 is 0 Å². The van der Waals surface area contributed by atoms with Gasteiger partial charge in [-0.15, -0.1) is 0 Å². The summed E-state index contributed by atoms with van der Waals surface area (Å²) < 4.78 is 22.9. The van der Waals surface area contributed by atoms with Crippen LogP contribution in [0, 0.1) is 0 Å². The highest BCUT2D eigenvalue weighted by Gasteiger charge is 2.08. The van der Waals surface area contributed by atoms with Crippen LogP contribution in [0.3, 0.4) is 0 Å². The van der Waals surface area contributed by atoms with Gasteiger partial charge in [0, 0.05) is 35.1 Å². The first-order valence-electron chi connectivity index (χ1n) is 7.96. The Morgan fingerprint density at radius 3 is 2.52 bits per heavy atom. The maximum Gasteiger partial charge on any atom is 0.255 e. The molecular weight excluding hydrogens is 360 g/mol. The molecule has 0 heterocycles. The van der Waals surface area contributed by atoms with E-state index in [4.69, 9.17) is 11.6 Å². The lowest BCUT2D eigenvalue weighted by Crippen LogP contribution is -2.23. The third kappa shape index (κ3) is 6.49. The molecule has 2 N–H and O–H groups in total. The van der Waals surface area contributed by atoms with Crippen LogP contribution in [0.1, 0.15) is 22.8 Å². The Morgan fingerprint density at radius 2 is 1.84 bits per heavy atom. The van der Waals surface area contributed by atoms with Gasteiger partial charge in [-0.2, -0.15) is 0 Å². The fraction of sp³-hybridized carbons (Fsp3) is 0.278. The average molecular weight is 381 g/mol. The Balaban J connectivity index is 1.90. The summed E-state index contributed by atoms with van der Waals surface area (Å²) in [7, 11) is -2.96. The summed E-state index contributed by atoms with van der Waals surface area (Å²) in [5.74, 6) is 0.0630. The number of hydrogen-bond acceptors (Lipinski definition) is 4. The molecule has 5 nitrogen and oxygen atoms in total. The number of carbonyl (C=O) groups is 1. The Bertz CT molecular complexity index is 820. The third-order valence-corrected chi connectivity index (χ3v) is 5.61. The van der Waals surface area contributed by atoms with Crippen LogP contribution in [0.4, 0.5) is 5.69 Å². The number of sulfone groups is 1. The van der Waals surface area contributed by atoms with Gasteiger partial charge in [-0.25, -0.2) is 8.42 Å². The first-order valence-corrected chi connectivity index (χ1v) is 10.2. The van der Waals surface area contributed by atoms with E-state index in [1.165, 1.54) is 0 Å². The average Bonchev–Trinajstić information content (AvgIpc) is 2.60. The third-order valence-electron chi connectivity index (χ3n) is 3.65. The molecule has 0 spiro atoms. The van der Waals surface area contributed by atoms with Crippen molar-refractivity contribution in [2.24, 2.45) is 0 Å². The Kier molecular flexibility index (Phi) is 6.99. The van der Waals surface area contributed by atoms with Crippen LogP contribution in [0.2, 0.25) is 5.02 Å². The molecule has 0 saturated carbocycles. The number of anilines is 1. The van der Waals surface area contributed by atoms with E-state index >= 15 is 0 Å². The van der Waals surface area contributed by atoms with Crippen LogP contribution in [-0.4, -0.2) is 32.4 Å². The maximum atomic E-state index is 12.2. The fourth-order valence-corrected chi connectivity index (χ4v) is 3.04. The minimum absolute atomic E-state index is 0.122. The molecule has 2 rings (SSSR count). The normalized spacial score (nSPS) is 11.3. The van der Waals surface area contributed by atoms with Gasteiger partial charge < -0.3 is 10.6 Å². The number of halogens is 1. The highest BCUT2D eigenvalue weighted by atomic mass is 35.5. The Morgan fingerprint density at radius 1 is 1.12 bits per heavy atom. The second kappa shape index (κ2) is 8.99. The van der Waals surface area contributed by atoms with Gasteiger partial charge in [0.15, 0.2) is 9.84 Å². The van der Waals surface area contributed by atoms with Crippen LogP contribution < -0.4 is 10.6 Å². The van der Waals surface area contributed by atoms with E-state index in [-0.39, 0.29) is 17.4 Å². The molecule has 2 aromatic rings. The van der Waals surface area contributed by atoms with Crippen molar-refractivity contribution in [2.75, 3.05) is 23.4 Å². The monoisotopic (exact) mass is 380 g/mol. The zero-order valence-electron chi connectivity index (χ0n) is 14.0. The summed E-state index contributed by atoms with van der Waals surface area (Å²) in [6, 6.07) is 14.1. The molecule has 1 amide bonds. The number of hydrogen-bond donors (Lipinski definition) is 2. The molecule has 0 unspecified atom stereocenters. The molecule has 0 atom stereocenters. The molecule has 0 aliphatic heterocycles. The summed E-state index contributed by atoms with van der Waals surface area (Å²) in [5.41, 5.74) is 2.17. The van der Waals surface area contributed by atoms with E-state index < -0.39 is 9.84 Å². The summed E-state index contributed by atoms with van der Waals surface area (Å²) in [6.45, 7) is 2.57. The smallest absolute Gasteiger partial charge is 0.255 e. The zero-order valence-corrected chi connectivity index (χ0v) is 15.5. The van der Waals surface area contributed by atoms with Crippen molar-refractivity contribution >= 4 is 33.0 Å². The number of amides is 1. The van der Waals surface area contributed by atoms with Crippen LogP contribution in [0.15, 0.2) is 48.5 Å². The quantitative estimate of drug-likeness (QED) is 0.690. The molecule has 0 saturated heterocycles. The van der Waals surface area contributed by atoms with Gasteiger partial charge in [0.05, 0.1) is 5.75 Å². The summed E-state index contributed by atoms with van der Waals surface area (Å²) in [6.07, 6.45) is 0. The number of benzene rings is 2. The molecular formula is C18H21ClN2O3S. The lowest BCUT2D eigenvalue weighted by atomic mass is 10.1. The molecule has 25 heavy (non-hydrogen) atoms. The Labute approximate surface area is 153 Å². The van der Waals surface area contributed by atoms with Crippen molar-refractivity contribution < 1.29 is 13.2 Å². The van der Waals surface area contributed by atoms with E-state index in [0.29, 0.717) is 29.4 Å². The lowest BCUT2D eigenvalue weighted by Gasteiger charge is -2.09. The van der Waals surface area contributed by atoms with Crippen LogP contribution >= 0.6 is 11.6 Å². The van der Waals surface area contributed by atoms with Crippen LogP contribution in [-0.2, 0) is 16.4 Å². The predicted molar refractivity (Wildman–Crippen MR) is 102 cm³/mol. The van der Waals surface area contributed by atoms with Gasteiger partial charge in [-0.3, -0.25) is 4.79 Å². The molecule has 2 aromatic carbocycles. The van der Waals surface area contributed by atoms with E-state index in [2.05, 4.69) is 10.6 Å². The fourth-order valence-electron chi connectivity index (χ4n) is 2.17. The van der Waals surface area contributed by atoms with Crippen LogP contribution in [0.5, 0.6) is 0 Å². The summed E-state index contributed by atoms with van der Waals surface area (Å²) >= 11 is 5.82. The van der Waals surface area contributed by atoms with Crippen molar-refractivity contribution in [3.05, 3.63) is 64.7 Å². The maximum absolute atomic E-state index is 12.2. The van der Waals surface area contributed by atoms with Gasteiger partial charge in [-0.05, 0) is 42.0 Å². The van der Waals surface area contributed by atoms with Gasteiger partial charge in [-0.1, -0.05) is 30.7 Å². The van der Waals surface area contributed by atoms with Crippen LogP contribution in [0.25, 0.3) is 0 Å². The summed E-state index contributed by atoms with van der Waals surface area (Å²) in [4.78, 5) is 12.2. The second-order valence-corrected chi connectivity index (χ2v) is 8.48. The van der Waals surface area contributed by atoms with E-state index in [0.717, 1.165) is 5.56 Å². The number of carbonyl (C=O) groups excluding carboxylic acids is 1. The SMILES string of the molecule is CCS(=O)(=O)CCNCc1cccc(NC(=O)c2ccc(Cl)cc2)c1. The molecule has 0 radical (unpaired) electrons. The molecule has 0 aromatic heterocycles. The van der Waals surface area contributed by atoms with Crippen molar-refractivity contribution in [2.45, 2.75) is 13.5 Å². The second-order valence-electron chi connectivity index (χ2n) is 5.57. The lowest BCUT2D eigenvalue weighted by molar-refractivity contribution is 0.102. The standard InChI is InChI=1S/C18H21ClN2O3S/c1-2-25(23,24)11-10-20-13-14-4-3-5-17(12-14)21-18(22)15-6-8-16(19)9-7-15/h3-9,12,20H,2,10-11,13H2,1H3,(H,21,22). The van der Waals surface area contributed by atoms with Crippen molar-refractivity contribution in [1.29, 1.82) is 0 Å². The van der Waals surface area contributed by atoms with Crippen molar-refractivity contribution in [3.8, 4) is 0 Å². The molecule has 0 aliphatic rings. The zero-order chi connectivity index (χ0) is 18.3. The molecule has 0 fully saturated rings. The van der Waals surface area contributed by atoms with E-state index in [1.54, 1.807) is 37.3 Å². The van der Waals surface area contributed by atoms with Crippen molar-refractivity contribution in [1.82, 2.24) is 5.32 Å². The molecule has 7 heteroatoms. The van der Waals surface area contributed by atoms with E-state index in [9.17, 15) is 13.2 Å². The first kappa shape index (κ1) is 19.4. The Hall–Kier alpha value is -1.89. The minimum atomic E-state index is -2.96. The number of nitrogens with one attached hydrogen (secondary N) is 2. The highest BCUT2D eigenvalue weighted by Crippen LogP contribution is 2.14. The van der Waals surface area contributed by atoms with Gasteiger partial charge in [0.25, 0.3) is 5.91 Å². The highest BCUT2D eigenvalue weighted by molar-refractivity contribution is 7.91.